The Bertz CT molecular complexity index is 724. The van der Waals surface area contributed by atoms with Gasteiger partial charge in [0.05, 0.1) is 6.54 Å². The van der Waals surface area contributed by atoms with Crippen LogP contribution in [0.15, 0.2) is 10.9 Å². The minimum atomic E-state index is -0.999. The van der Waals surface area contributed by atoms with Crippen molar-refractivity contribution in [1.82, 2.24) is 19.9 Å². The van der Waals surface area contributed by atoms with Crippen molar-refractivity contribution in [3.05, 3.63) is 27.1 Å². The SMILES string of the molecule is CCCC(C)(NCc1nn2c(=O)cc(C)nc2s1)C(=O)O. The molecule has 8 heteroatoms. The van der Waals surface area contributed by atoms with Crippen molar-refractivity contribution >= 4 is 22.3 Å². The molecule has 7 nitrogen and oxygen atoms in total. The smallest absolute Gasteiger partial charge is 0.323 e. The van der Waals surface area contributed by atoms with Gasteiger partial charge in [-0.15, -0.1) is 0 Å². The zero-order valence-electron chi connectivity index (χ0n) is 12.2. The van der Waals surface area contributed by atoms with Gasteiger partial charge in [0.2, 0.25) is 4.96 Å². The van der Waals surface area contributed by atoms with E-state index in [0.717, 1.165) is 6.42 Å². The van der Waals surface area contributed by atoms with E-state index in [0.29, 0.717) is 22.1 Å². The summed E-state index contributed by atoms with van der Waals surface area (Å²) < 4.78 is 1.24. The predicted octanol–water partition coefficient (Wildman–Crippen LogP) is 1.19. The average molecular weight is 310 g/mol. The van der Waals surface area contributed by atoms with Crippen LogP contribution in [0.25, 0.3) is 4.96 Å². The van der Waals surface area contributed by atoms with Crippen LogP contribution in [-0.2, 0) is 11.3 Å². The number of carboxylic acid groups (broad SMARTS) is 1. The third kappa shape index (κ3) is 3.27. The monoisotopic (exact) mass is 310 g/mol. The summed E-state index contributed by atoms with van der Waals surface area (Å²) in [7, 11) is 0. The van der Waals surface area contributed by atoms with E-state index in [2.05, 4.69) is 15.4 Å². The fourth-order valence-corrected chi connectivity index (χ4v) is 2.96. The van der Waals surface area contributed by atoms with Crippen LogP contribution >= 0.6 is 11.3 Å². The highest BCUT2D eigenvalue weighted by molar-refractivity contribution is 7.16. The second-order valence-corrected chi connectivity index (χ2v) is 6.21. The molecule has 0 spiro atoms. The molecule has 0 aromatic carbocycles. The van der Waals surface area contributed by atoms with Gasteiger partial charge in [-0.25, -0.2) is 4.98 Å². The number of rotatable bonds is 6. The van der Waals surface area contributed by atoms with E-state index in [1.54, 1.807) is 13.8 Å². The molecule has 0 radical (unpaired) electrons. The Labute approximate surface area is 125 Å². The molecule has 0 aliphatic carbocycles. The number of nitrogens with one attached hydrogen (secondary N) is 1. The highest BCUT2D eigenvalue weighted by Gasteiger charge is 2.31. The number of nitrogens with zero attached hydrogens (tertiary/aromatic N) is 3. The molecule has 0 fully saturated rings. The van der Waals surface area contributed by atoms with Gasteiger partial charge in [0.25, 0.3) is 5.56 Å². The van der Waals surface area contributed by atoms with E-state index in [1.165, 1.54) is 21.9 Å². The summed E-state index contributed by atoms with van der Waals surface area (Å²) in [6.45, 7) is 5.63. The summed E-state index contributed by atoms with van der Waals surface area (Å²) in [5.41, 5.74) is -0.583. The maximum atomic E-state index is 11.8. The topological polar surface area (TPSA) is 96.6 Å². The van der Waals surface area contributed by atoms with Crippen molar-refractivity contribution in [2.24, 2.45) is 0 Å². The molecule has 1 unspecified atom stereocenters. The van der Waals surface area contributed by atoms with Crippen LogP contribution in [0.3, 0.4) is 0 Å². The molecule has 0 saturated heterocycles. The highest BCUT2D eigenvalue weighted by atomic mass is 32.1. The zero-order chi connectivity index (χ0) is 15.6. The van der Waals surface area contributed by atoms with E-state index < -0.39 is 11.5 Å². The number of carbonyl (C=O) groups is 1. The Kier molecular flexibility index (Phi) is 4.38. The largest absolute Gasteiger partial charge is 0.480 e. The lowest BCUT2D eigenvalue weighted by Gasteiger charge is -2.25. The molecule has 0 amide bonds. The zero-order valence-corrected chi connectivity index (χ0v) is 13.0. The molecular weight excluding hydrogens is 292 g/mol. The molecule has 2 aromatic rings. The minimum Gasteiger partial charge on any atom is -0.480 e. The summed E-state index contributed by atoms with van der Waals surface area (Å²) in [5.74, 6) is -0.892. The molecule has 2 rings (SSSR count). The van der Waals surface area contributed by atoms with Gasteiger partial charge in [-0.3, -0.25) is 14.9 Å². The first kappa shape index (κ1) is 15.6. The van der Waals surface area contributed by atoms with E-state index in [1.807, 2.05) is 6.92 Å². The Hall–Kier alpha value is -1.80. The number of carboxylic acids is 1. The van der Waals surface area contributed by atoms with Crippen LogP contribution in [0.4, 0.5) is 0 Å². The second-order valence-electron chi connectivity index (χ2n) is 5.17. The van der Waals surface area contributed by atoms with Gasteiger partial charge in [-0.05, 0) is 20.3 Å². The number of aliphatic carboxylic acids is 1. The van der Waals surface area contributed by atoms with Gasteiger partial charge >= 0.3 is 5.97 Å². The fraction of sp³-hybridized carbons (Fsp3) is 0.538. The second kappa shape index (κ2) is 5.90. The molecule has 0 bridgehead atoms. The molecule has 21 heavy (non-hydrogen) atoms. The van der Waals surface area contributed by atoms with Gasteiger partial charge in [-0.1, -0.05) is 24.7 Å². The fourth-order valence-electron chi connectivity index (χ4n) is 2.07. The molecule has 0 aliphatic heterocycles. The van der Waals surface area contributed by atoms with Gasteiger partial charge in [0.15, 0.2) is 0 Å². The van der Waals surface area contributed by atoms with Crippen LogP contribution in [0.1, 0.15) is 37.4 Å². The van der Waals surface area contributed by atoms with Crippen LogP contribution in [0, 0.1) is 6.92 Å². The van der Waals surface area contributed by atoms with Crippen molar-refractivity contribution in [1.29, 1.82) is 0 Å². The number of hydrogen-bond acceptors (Lipinski definition) is 6. The Morgan fingerprint density at radius 3 is 2.90 bits per heavy atom. The lowest BCUT2D eigenvalue weighted by molar-refractivity contribution is -0.144. The van der Waals surface area contributed by atoms with E-state index >= 15 is 0 Å². The van der Waals surface area contributed by atoms with Crippen LogP contribution in [-0.4, -0.2) is 31.2 Å². The van der Waals surface area contributed by atoms with Gasteiger partial charge in [0.1, 0.15) is 10.5 Å². The van der Waals surface area contributed by atoms with Crippen molar-refractivity contribution in [3.63, 3.8) is 0 Å². The summed E-state index contributed by atoms with van der Waals surface area (Å²) in [5, 5.41) is 17.1. The Balaban J connectivity index is 2.22. The lowest BCUT2D eigenvalue weighted by Crippen LogP contribution is -2.48. The lowest BCUT2D eigenvalue weighted by atomic mass is 9.96. The van der Waals surface area contributed by atoms with Gasteiger partial charge < -0.3 is 5.11 Å². The Morgan fingerprint density at radius 2 is 2.29 bits per heavy atom. The first-order valence-corrected chi connectivity index (χ1v) is 7.52. The number of fused-ring (bicyclic) bond motifs is 1. The number of aryl methyl sites for hydroxylation is 1. The summed E-state index contributed by atoms with van der Waals surface area (Å²) in [6, 6.07) is 1.42. The van der Waals surface area contributed by atoms with Crippen molar-refractivity contribution in [2.45, 2.75) is 45.7 Å². The van der Waals surface area contributed by atoms with E-state index in [9.17, 15) is 14.7 Å². The quantitative estimate of drug-likeness (QED) is 0.832. The van der Waals surface area contributed by atoms with Crippen LogP contribution in [0.5, 0.6) is 0 Å². The Morgan fingerprint density at radius 1 is 1.57 bits per heavy atom. The predicted molar refractivity (Wildman–Crippen MR) is 79.7 cm³/mol. The highest BCUT2D eigenvalue weighted by Crippen LogP contribution is 2.16. The summed E-state index contributed by atoms with van der Waals surface area (Å²) >= 11 is 1.28. The maximum Gasteiger partial charge on any atom is 0.323 e. The molecule has 2 aromatic heterocycles. The first-order valence-electron chi connectivity index (χ1n) is 6.70. The standard InChI is InChI=1S/C13H18N4O3S/c1-4-5-13(3,11(19)20)14-7-9-16-17-10(18)6-8(2)15-12(17)21-9/h6,14H,4-5,7H2,1-3H3,(H,19,20). The van der Waals surface area contributed by atoms with Crippen molar-refractivity contribution in [2.75, 3.05) is 0 Å². The van der Waals surface area contributed by atoms with Gasteiger partial charge in [-0.2, -0.15) is 9.61 Å². The summed E-state index contributed by atoms with van der Waals surface area (Å²) in [4.78, 5) is 27.9. The third-order valence-electron chi connectivity index (χ3n) is 3.27. The molecule has 0 saturated carbocycles. The molecule has 2 heterocycles. The van der Waals surface area contributed by atoms with Crippen molar-refractivity contribution < 1.29 is 9.90 Å². The normalized spacial score (nSPS) is 14.2. The average Bonchev–Trinajstić information content (AvgIpc) is 2.80. The third-order valence-corrected chi connectivity index (χ3v) is 4.18. The number of hydrogen-bond donors (Lipinski definition) is 2. The molecule has 1 atom stereocenters. The summed E-state index contributed by atoms with van der Waals surface area (Å²) in [6.07, 6.45) is 1.28. The molecular formula is C13H18N4O3S. The maximum absolute atomic E-state index is 11.8. The van der Waals surface area contributed by atoms with Gasteiger partial charge in [0, 0.05) is 11.8 Å². The molecule has 2 N–H and O–H groups in total. The van der Waals surface area contributed by atoms with Crippen molar-refractivity contribution in [3.8, 4) is 0 Å². The van der Waals surface area contributed by atoms with Crippen LogP contribution in [0.2, 0.25) is 0 Å². The molecule has 114 valence electrons. The van der Waals surface area contributed by atoms with E-state index in [4.69, 9.17) is 0 Å². The first-order chi connectivity index (χ1) is 9.85. The van der Waals surface area contributed by atoms with E-state index in [-0.39, 0.29) is 12.1 Å². The minimum absolute atomic E-state index is 0.227. The van der Waals surface area contributed by atoms with Crippen LogP contribution < -0.4 is 10.9 Å². The number of aromatic nitrogens is 3. The molecule has 0 aliphatic rings.